The van der Waals surface area contributed by atoms with Crippen LogP contribution < -0.4 is 5.32 Å². The maximum Gasteiger partial charge on any atom is 0.251 e. The van der Waals surface area contributed by atoms with E-state index < -0.39 is 27.6 Å². The number of amides is 1. The third-order valence-electron chi connectivity index (χ3n) is 3.98. The van der Waals surface area contributed by atoms with Crippen LogP contribution in [0.15, 0.2) is 47.4 Å². The summed E-state index contributed by atoms with van der Waals surface area (Å²) in [6.45, 7) is -0.0947. The summed E-state index contributed by atoms with van der Waals surface area (Å²) in [6, 6.07) is 8.59. The van der Waals surface area contributed by atoms with E-state index in [1.807, 2.05) is 0 Å². The minimum absolute atomic E-state index is 0.0568. The van der Waals surface area contributed by atoms with Gasteiger partial charge in [0, 0.05) is 25.7 Å². The number of benzene rings is 2. The first-order valence-corrected chi connectivity index (χ1v) is 9.67. The van der Waals surface area contributed by atoms with E-state index in [-0.39, 0.29) is 28.5 Å². The Morgan fingerprint density at radius 1 is 1.10 bits per heavy atom. The predicted octanol–water partition coefficient (Wildman–Crippen LogP) is 1.12. The molecule has 0 bridgehead atoms. The molecule has 0 aliphatic carbocycles. The van der Waals surface area contributed by atoms with Crippen molar-refractivity contribution in [3.05, 3.63) is 65.5 Å². The molecule has 3 aromatic rings. The lowest BCUT2D eigenvalue weighted by molar-refractivity contribution is 0.0949. The van der Waals surface area contributed by atoms with Crippen molar-refractivity contribution in [2.45, 2.75) is 11.4 Å². The van der Waals surface area contributed by atoms with Gasteiger partial charge < -0.3 is 5.32 Å². The summed E-state index contributed by atoms with van der Waals surface area (Å²) in [5, 5.41) is 13.5. The van der Waals surface area contributed by atoms with Gasteiger partial charge in [-0.3, -0.25) is 4.79 Å². The van der Waals surface area contributed by atoms with Gasteiger partial charge in [-0.2, -0.15) is 4.68 Å². The smallest absolute Gasteiger partial charge is 0.251 e. The van der Waals surface area contributed by atoms with Crippen LogP contribution in [-0.2, 0) is 16.6 Å². The molecule has 0 saturated carbocycles. The number of hydrogen-bond acceptors (Lipinski definition) is 6. The first kappa shape index (κ1) is 20.5. The highest BCUT2D eigenvalue weighted by molar-refractivity contribution is 7.89. The van der Waals surface area contributed by atoms with Crippen LogP contribution >= 0.6 is 0 Å². The van der Waals surface area contributed by atoms with Gasteiger partial charge in [-0.15, -0.1) is 5.10 Å². The molecule has 0 radical (unpaired) electrons. The maximum atomic E-state index is 13.4. The van der Waals surface area contributed by atoms with Gasteiger partial charge in [-0.05, 0) is 46.8 Å². The number of nitrogens with zero attached hydrogens (tertiary/aromatic N) is 5. The molecule has 1 amide bonds. The van der Waals surface area contributed by atoms with Crippen LogP contribution in [-0.4, -0.2) is 52.9 Å². The fourth-order valence-corrected chi connectivity index (χ4v) is 3.29. The Morgan fingerprint density at radius 3 is 2.41 bits per heavy atom. The summed E-state index contributed by atoms with van der Waals surface area (Å²) >= 11 is 0. The Bertz CT molecular complexity index is 1150. The standard InChI is InChI=1S/C17H16F2N6O3S/c1-24(2)29(27,28)13-6-3-11(4-7-13)17(26)20-10-16-21-22-23-25(16)12-5-8-14(18)15(19)9-12/h3-9H,10H2,1-2H3,(H,20,26). The number of rotatable bonds is 6. The van der Waals surface area contributed by atoms with Crippen LogP contribution in [0.1, 0.15) is 16.2 Å². The molecule has 152 valence electrons. The number of nitrogens with one attached hydrogen (secondary N) is 1. The summed E-state index contributed by atoms with van der Waals surface area (Å²) in [4.78, 5) is 12.4. The maximum absolute atomic E-state index is 13.4. The molecule has 0 spiro atoms. The van der Waals surface area contributed by atoms with Crippen LogP contribution in [0.5, 0.6) is 0 Å². The van der Waals surface area contributed by atoms with Crippen LogP contribution in [0, 0.1) is 11.6 Å². The van der Waals surface area contributed by atoms with Crippen molar-refractivity contribution in [2.24, 2.45) is 0 Å². The number of hydrogen-bond donors (Lipinski definition) is 1. The minimum Gasteiger partial charge on any atom is -0.345 e. The van der Waals surface area contributed by atoms with Crippen LogP contribution in [0.3, 0.4) is 0 Å². The number of tetrazole rings is 1. The highest BCUT2D eigenvalue weighted by atomic mass is 32.2. The first-order chi connectivity index (χ1) is 13.7. The Labute approximate surface area is 165 Å². The van der Waals surface area contributed by atoms with Crippen LogP contribution in [0.4, 0.5) is 8.78 Å². The quantitative estimate of drug-likeness (QED) is 0.638. The normalized spacial score (nSPS) is 11.6. The summed E-state index contributed by atoms with van der Waals surface area (Å²) in [6.07, 6.45) is 0. The van der Waals surface area contributed by atoms with Gasteiger partial charge in [0.15, 0.2) is 17.5 Å². The van der Waals surface area contributed by atoms with E-state index in [4.69, 9.17) is 0 Å². The van der Waals surface area contributed by atoms with Gasteiger partial charge in [0.1, 0.15) is 0 Å². The highest BCUT2D eigenvalue weighted by Gasteiger charge is 2.18. The zero-order valence-electron chi connectivity index (χ0n) is 15.4. The molecule has 0 unspecified atom stereocenters. The zero-order chi connectivity index (χ0) is 21.2. The van der Waals surface area contributed by atoms with E-state index in [2.05, 4.69) is 20.8 Å². The average Bonchev–Trinajstić information content (AvgIpc) is 3.16. The van der Waals surface area contributed by atoms with E-state index in [9.17, 15) is 22.0 Å². The molecule has 0 fully saturated rings. The molecular weight excluding hydrogens is 406 g/mol. The monoisotopic (exact) mass is 422 g/mol. The first-order valence-electron chi connectivity index (χ1n) is 8.23. The van der Waals surface area contributed by atoms with Gasteiger partial charge in [0.2, 0.25) is 10.0 Å². The van der Waals surface area contributed by atoms with Crippen molar-refractivity contribution in [3.8, 4) is 5.69 Å². The number of carbonyl (C=O) groups is 1. The summed E-state index contributed by atoms with van der Waals surface area (Å²) < 4.78 is 52.9. The minimum atomic E-state index is -3.60. The largest absolute Gasteiger partial charge is 0.345 e. The molecule has 29 heavy (non-hydrogen) atoms. The Hall–Kier alpha value is -3.25. The van der Waals surface area contributed by atoms with E-state index >= 15 is 0 Å². The lowest BCUT2D eigenvalue weighted by atomic mass is 10.2. The number of carbonyl (C=O) groups excluding carboxylic acids is 1. The molecule has 1 N–H and O–H groups in total. The van der Waals surface area contributed by atoms with E-state index in [1.54, 1.807) is 0 Å². The molecule has 0 saturated heterocycles. The molecule has 1 aromatic heterocycles. The molecule has 2 aromatic carbocycles. The van der Waals surface area contributed by atoms with Crippen molar-refractivity contribution in [1.29, 1.82) is 0 Å². The highest BCUT2D eigenvalue weighted by Crippen LogP contribution is 2.15. The third-order valence-corrected chi connectivity index (χ3v) is 5.81. The van der Waals surface area contributed by atoms with E-state index in [0.29, 0.717) is 0 Å². The van der Waals surface area contributed by atoms with Crippen LogP contribution in [0.25, 0.3) is 5.69 Å². The lowest BCUT2D eigenvalue weighted by Crippen LogP contribution is -2.25. The second-order valence-corrected chi connectivity index (χ2v) is 8.25. The molecule has 3 rings (SSSR count). The zero-order valence-corrected chi connectivity index (χ0v) is 16.2. The molecule has 0 atom stereocenters. The lowest BCUT2D eigenvalue weighted by Gasteiger charge is -2.11. The topological polar surface area (TPSA) is 110 Å². The fourth-order valence-electron chi connectivity index (χ4n) is 2.38. The van der Waals surface area contributed by atoms with Gasteiger partial charge in [0.05, 0.1) is 17.1 Å². The molecule has 12 heteroatoms. The molecule has 0 aliphatic heterocycles. The van der Waals surface area contributed by atoms with Gasteiger partial charge in [0.25, 0.3) is 5.91 Å². The van der Waals surface area contributed by atoms with Crippen molar-refractivity contribution in [2.75, 3.05) is 14.1 Å². The number of sulfonamides is 1. The molecule has 1 heterocycles. The average molecular weight is 422 g/mol. The third kappa shape index (κ3) is 4.27. The Kier molecular flexibility index (Phi) is 5.66. The second-order valence-electron chi connectivity index (χ2n) is 6.10. The van der Waals surface area contributed by atoms with Crippen molar-refractivity contribution < 1.29 is 22.0 Å². The summed E-state index contributed by atoms with van der Waals surface area (Å²) in [7, 11) is -0.776. The van der Waals surface area contributed by atoms with Crippen molar-refractivity contribution in [3.63, 3.8) is 0 Å². The van der Waals surface area contributed by atoms with Crippen molar-refractivity contribution in [1.82, 2.24) is 29.8 Å². The predicted molar refractivity (Wildman–Crippen MR) is 97.6 cm³/mol. The molecular formula is C17H16F2N6O3S. The molecule has 9 nitrogen and oxygen atoms in total. The number of halogens is 2. The Balaban J connectivity index is 1.72. The molecule has 0 aliphatic rings. The number of aromatic nitrogens is 4. The van der Waals surface area contributed by atoms with Gasteiger partial charge in [-0.1, -0.05) is 0 Å². The van der Waals surface area contributed by atoms with Crippen LogP contribution in [0.2, 0.25) is 0 Å². The Morgan fingerprint density at radius 2 is 1.79 bits per heavy atom. The van der Waals surface area contributed by atoms with Crippen molar-refractivity contribution >= 4 is 15.9 Å². The van der Waals surface area contributed by atoms with E-state index in [1.165, 1.54) is 44.4 Å². The second kappa shape index (κ2) is 8.01. The SMILES string of the molecule is CN(C)S(=O)(=O)c1ccc(C(=O)NCc2nnnn2-c2ccc(F)c(F)c2)cc1. The van der Waals surface area contributed by atoms with Gasteiger partial charge >= 0.3 is 0 Å². The summed E-state index contributed by atoms with van der Waals surface area (Å²) in [5.74, 6) is -2.35. The summed E-state index contributed by atoms with van der Waals surface area (Å²) in [5.41, 5.74) is 0.422. The fraction of sp³-hybridized carbons (Fsp3) is 0.176. The van der Waals surface area contributed by atoms with E-state index in [0.717, 1.165) is 21.1 Å². The van der Waals surface area contributed by atoms with Gasteiger partial charge in [-0.25, -0.2) is 21.5 Å².